The molecule has 2 unspecified atom stereocenters. The molecular formula is C9H5ClN4O. The number of halogens is 1. The molecule has 6 heteroatoms. The van der Waals surface area contributed by atoms with E-state index in [0.717, 1.165) is 0 Å². The van der Waals surface area contributed by atoms with Gasteiger partial charge in [-0.15, -0.1) is 0 Å². The molecule has 1 aliphatic heterocycles. The summed E-state index contributed by atoms with van der Waals surface area (Å²) in [5.41, 5.74) is -1.80. The van der Waals surface area contributed by atoms with Crippen molar-refractivity contribution < 1.29 is 4.79 Å². The molecule has 1 fully saturated rings. The molecule has 1 heterocycles. The quantitative estimate of drug-likeness (QED) is 0.578. The van der Waals surface area contributed by atoms with Gasteiger partial charge < -0.3 is 5.32 Å². The molecule has 0 aromatic heterocycles. The van der Waals surface area contributed by atoms with Crippen LogP contribution in [0.4, 0.5) is 0 Å². The summed E-state index contributed by atoms with van der Waals surface area (Å²) >= 11 is 5.76. The maximum absolute atomic E-state index is 11.5. The zero-order valence-electron chi connectivity index (χ0n) is 7.47. The second kappa shape index (κ2) is 2.82. The highest BCUT2D eigenvalue weighted by Crippen LogP contribution is 2.44. The maximum atomic E-state index is 11.5. The summed E-state index contributed by atoms with van der Waals surface area (Å²) in [7, 11) is 0. The molecule has 0 radical (unpaired) electrons. The molecule has 2 rings (SSSR count). The van der Waals surface area contributed by atoms with Crippen molar-refractivity contribution in [1.29, 1.82) is 15.9 Å². The zero-order chi connectivity index (χ0) is 11.2. The van der Waals surface area contributed by atoms with E-state index in [9.17, 15) is 4.79 Å². The van der Waals surface area contributed by atoms with Crippen molar-refractivity contribution in [3.63, 3.8) is 0 Å². The molecule has 0 spiro atoms. The van der Waals surface area contributed by atoms with Gasteiger partial charge in [0.25, 0.3) is 0 Å². The number of nitrogens with one attached hydrogen (secondary N) is 2. The zero-order valence-corrected chi connectivity index (χ0v) is 8.22. The lowest BCUT2D eigenvalue weighted by Crippen LogP contribution is -2.36. The molecular weight excluding hydrogens is 216 g/mol. The van der Waals surface area contributed by atoms with Crippen LogP contribution in [0.15, 0.2) is 10.7 Å². The Balaban J connectivity index is 2.70. The van der Waals surface area contributed by atoms with E-state index in [0.29, 0.717) is 0 Å². The fourth-order valence-corrected chi connectivity index (χ4v) is 2.28. The second-order valence-corrected chi connectivity index (χ2v) is 3.84. The van der Waals surface area contributed by atoms with Crippen LogP contribution in [0.5, 0.6) is 0 Å². The van der Waals surface area contributed by atoms with Gasteiger partial charge in [-0.1, -0.05) is 11.6 Å². The van der Waals surface area contributed by atoms with E-state index in [1.807, 2.05) is 6.07 Å². The van der Waals surface area contributed by atoms with Crippen molar-refractivity contribution in [2.45, 2.75) is 12.5 Å². The van der Waals surface area contributed by atoms with Crippen molar-refractivity contribution in [1.82, 2.24) is 5.32 Å². The first-order chi connectivity index (χ1) is 7.06. The number of nitriles is 2. The van der Waals surface area contributed by atoms with Gasteiger partial charge in [0.1, 0.15) is 16.3 Å². The highest BCUT2D eigenvalue weighted by atomic mass is 35.5. The Labute approximate surface area is 90.4 Å². The molecule has 1 saturated carbocycles. The third kappa shape index (κ3) is 0.958. The number of rotatable bonds is 0. The Morgan fingerprint density at radius 3 is 2.80 bits per heavy atom. The average molecular weight is 221 g/mol. The van der Waals surface area contributed by atoms with Gasteiger partial charge in [0.05, 0.1) is 23.8 Å². The van der Waals surface area contributed by atoms with Gasteiger partial charge in [0, 0.05) is 6.42 Å². The molecule has 15 heavy (non-hydrogen) atoms. The van der Waals surface area contributed by atoms with Crippen molar-refractivity contribution >= 4 is 23.1 Å². The van der Waals surface area contributed by atoms with Crippen molar-refractivity contribution in [3.05, 3.63) is 10.7 Å². The summed E-state index contributed by atoms with van der Waals surface area (Å²) in [4.78, 5) is 11.5. The van der Waals surface area contributed by atoms with Crippen LogP contribution >= 0.6 is 11.6 Å². The fourth-order valence-electron chi connectivity index (χ4n) is 1.94. The monoisotopic (exact) mass is 220 g/mol. The normalized spacial score (nSPS) is 33.4. The largest absolute Gasteiger partial charge is 0.365 e. The Kier molecular flexibility index (Phi) is 1.82. The minimum Gasteiger partial charge on any atom is -0.365 e. The van der Waals surface area contributed by atoms with Gasteiger partial charge in [-0.3, -0.25) is 10.2 Å². The first-order valence-corrected chi connectivity index (χ1v) is 4.56. The first-order valence-electron chi connectivity index (χ1n) is 4.18. The minimum atomic E-state index is -1.43. The van der Waals surface area contributed by atoms with E-state index in [-0.39, 0.29) is 22.9 Å². The fraction of sp³-hybridized carbons (Fsp3) is 0.333. The van der Waals surface area contributed by atoms with Gasteiger partial charge in [-0.05, 0) is 0 Å². The van der Waals surface area contributed by atoms with E-state index < -0.39 is 17.2 Å². The number of fused-ring (bicyclic) bond motifs is 2. The smallest absolute Gasteiger partial charge is 0.200 e. The van der Waals surface area contributed by atoms with Crippen LogP contribution in [0.3, 0.4) is 0 Å². The molecule has 5 nitrogen and oxygen atoms in total. The van der Waals surface area contributed by atoms with E-state index in [4.69, 9.17) is 27.5 Å². The van der Waals surface area contributed by atoms with Crippen LogP contribution in [0.1, 0.15) is 6.42 Å². The van der Waals surface area contributed by atoms with Gasteiger partial charge in [0.15, 0.2) is 0 Å². The summed E-state index contributed by atoms with van der Waals surface area (Å²) < 4.78 is 0. The molecule has 0 aromatic rings. The van der Waals surface area contributed by atoms with Crippen LogP contribution in [0, 0.1) is 33.5 Å². The summed E-state index contributed by atoms with van der Waals surface area (Å²) in [6.45, 7) is 0. The Bertz CT molecular complexity index is 495. The minimum absolute atomic E-state index is 0.00546. The predicted octanol–water partition coefficient (Wildman–Crippen LogP) is 0.435. The molecule has 0 aromatic carbocycles. The van der Waals surface area contributed by atoms with E-state index >= 15 is 0 Å². The van der Waals surface area contributed by atoms with Gasteiger partial charge in [-0.2, -0.15) is 10.5 Å². The first kappa shape index (κ1) is 9.70. The highest BCUT2D eigenvalue weighted by molar-refractivity contribution is 6.47. The van der Waals surface area contributed by atoms with Crippen LogP contribution < -0.4 is 5.32 Å². The topological polar surface area (TPSA) is 101 Å². The summed E-state index contributed by atoms with van der Waals surface area (Å²) in [6.07, 6.45) is 0.125. The lowest BCUT2D eigenvalue weighted by atomic mass is 9.78. The average Bonchev–Trinajstić information content (AvgIpc) is 2.43. The third-order valence-electron chi connectivity index (χ3n) is 2.75. The SMILES string of the molecule is N#CC1=C(Cl)NC2CC1(C#N)C(=N)C2=O. The Hall–Kier alpha value is -1.85. The second-order valence-electron chi connectivity index (χ2n) is 3.46. The van der Waals surface area contributed by atoms with Crippen LogP contribution in [-0.4, -0.2) is 17.5 Å². The van der Waals surface area contributed by atoms with Crippen LogP contribution in [0.2, 0.25) is 0 Å². The lowest BCUT2D eigenvalue weighted by molar-refractivity contribution is -0.113. The van der Waals surface area contributed by atoms with Crippen molar-refractivity contribution in [2.75, 3.05) is 0 Å². The number of hydrogen-bond acceptors (Lipinski definition) is 5. The Morgan fingerprint density at radius 1 is 1.60 bits per heavy atom. The number of Topliss-reactive ketones (excluding diaryl/α,β-unsaturated/α-hetero) is 1. The third-order valence-corrected chi connectivity index (χ3v) is 3.05. The van der Waals surface area contributed by atoms with Crippen molar-refractivity contribution in [2.24, 2.45) is 5.41 Å². The summed E-state index contributed by atoms with van der Waals surface area (Å²) in [6, 6.07) is 3.03. The lowest BCUT2D eigenvalue weighted by Gasteiger charge is -2.25. The molecule has 2 bridgehead atoms. The van der Waals surface area contributed by atoms with E-state index in [1.165, 1.54) is 0 Å². The number of carbonyl (C=O) groups is 1. The molecule has 0 saturated heterocycles. The molecule has 2 aliphatic rings. The maximum Gasteiger partial charge on any atom is 0.200 e. The Morgan fingerprint density at radius 2 is 2.27 bits per heavy atom. The number of hydrogen-bond donors (Lipinski definition) is 2. The summed E-state index contributed by atoms with van der Waals surface area (Å²) in [5.74, 6) is -0.458. The van der Waals surface area contributed by atoms with E-state index in [2.05, 4.69) is 5.32 Å². The van der Waals surface area contributed by atoms with Gasteiger partial charge in [-0.25, -0.2) is 0 Å². The highest BCUT2D eigenvalue weighted by Gasteiger charge is 2.57. The number of allylic oxidation sites excluding steroid dienone is 1. The number of carbonyl (C=O) groups excluding carboxylic acids is 1. The molecule has 0 amide bonds. The summed E-state index contributed by atoms with van der Waals surface area (Å²) in [5, 5.41) is 28.2. The number of ketones is 1. The predicted molar refractivity (Wildman–Crippen MR) is 50.8 cm³/mol. The van der Waals surface area contributed by atoms with Crippen LogP contribution in [0.25, 0.3) is 0 Å². The molecule has 1 aliphatic carbocycles. The van der Waals surface area contributed by atoms with Crippen molar-refractivity contribution in [3.8, 4) is 12.1 Å². The van der Waals surface area contributed by atoms with E-state index in [1.54, 1.807) is 6.07 Å². The van der Waals surface area contributed by atoms with Gasteiger partial charge >= 0.3 is 0 Å². The van der Waals surface area contributed by atoms with Gasteiger partial charge in [0.2, 0.25) is 5.78 Å². The molecule has 74 valence electrons. The van der Waals surface area contributed by atoms with Crippen LogP contribution in [-0.2, 0) is 4.79 Å². The molecule has 2 N–H and O–H groups in total. The standard InChI is InChI=1S/C9H5ClN4O/c10-8-4(2-11)9(3-12)1-5(14-8)6(15)7(9)13/h5,13-14H,1H2. The number of nitrogens with zero attached hydrogens (tertiary/aromatic N) is 2. The molecule has 2 atom stereocenters.